The zero-order chi connectivity index (χ0) is 18.1. The molecule has 2 fully saturated rings. The highest BCUT2D eigenvalue weighted by molar-refractivity contribution is 9.10. The molecule has 0 aromatic heterocycles. The lowest BCUT2D eigenvalue weighted by Gasteiger charge is -2.40. The van der Waals surface area contributed by atoms with Gasteiger partial charge in [-0.05, 0) is 25.1 Å². The van der Waals surface area contributed by atoms with Crippen LogP contribution in [-0.2, 0) is 9.53 Å². The molecule has 1 aromatic rings. The van der Waals surface area contributed by atoms with Crippen LogP contribution in [0.25, 0.3) is 0 Å². The predicted molar refractivity (Wildman–Crippen MR) is 100 cm³/mol. The van der Waals surface area contributed by atoms with Gasteiger partial charge in [-0.3, -0.25) is 20.0 Å². The molecule has 3 aliphatic heterocycles. The Morgan fingerprint density at radius 3 is 2.92 bits per heavy atom. The number of benzene rings is 1. The van der Waals surface area contributed by atoms with Gasteiger partial charge in [0.25, 0.3) is 5.91 Å². The van der Waals surface area contributed by atoms with Crippen LogP contribution >= 0.6 is 15.9 Å². The second kappa shape index (κ2) is 7.53. The van der Waals surface area contributed by atoms with Crippen LogP contribution in [0.3, 0.4) is 0 Å². The minimum absolute atomic E-state index is 0.0738. The van der Waals surface area contributed by atoms with E-state index in [1.165, 1.54) is 0 Å². The number of fused-ring (bicyclic) bond motifs is 1. The van der Waals surface area contributed by atoms with Gasteiger partial charge in [0.15, 0.2) is 0 Å². The van der Waals surface area contributed by atoms with Gasteiger partial charge in [-0.25, -0.2) is 5.43 Å². The van der Waals surface area contributed by atoms with Crippen molar-refractivity contribution in [1.29, 1.82) is 0 Å². The average Bonchev–Trinajstić information content (AvgIpc) is 3.07. The Balaban J connectivity index is 1.53. The van der Waals surface area contributed by atoms with Crippen molar-refractivity contribution in [1.82, 2.24) is 21.0 Å². The maximum absolute atomic E-state index is 12.6. The van der Waals surface area contributed by atoms with Crippen molar-refractivity contribution >= 4 is 27.5 Å². The Morgan fingerprint density at radius 2 is 2.15 bits per heavy atom. The summed E-state index contributed by atoms with van der Waals surface area (Å²) in [5, 5.41) is 8.31. The van der Waals surface area contributed by atoms with E-state index in [0.29, 0.717) is 25.4 Å². The zero-order valence-electron chi connectivity index (χ0n) is 14.5. The summed E-state index contributed by atoms with van der Waals surface area (Å²) in [7, 11) is 0. The van der Waals surface area contributed by atoms with Crippen LogP contribution in [-0.4, -0.2) is 56.2 Å². The Bertz CT molecular complexity index is 722. The molecule has 1 amide bonds. The topological polar surface area (TPSA) is 78.1 Å². The molecule has 3 N–H and O–H groups in total. The summed E-state index contributed by atoms with van der Waals surface area (Å²) in [4.78, 5) is 14.8. The van der Waals surface area contributed by atoms with Crippen LogP contribution in [0, 0.1) is 0 Å². The molecule has 2 saturated heterocycles. The fraction of sp³-hybridized carbons (Fsp3) is 0.471. The second-order valence-electron chi connectivity index (χ2n) is 6.25. The van der Waals surface area contributed by atoms with Gasteiger partial charge in [-0.15, -0.1) is 0 Å². The summed E-state index contributed by atoms with van der Waals surface area (Å²) in [6.45, 7) is 5.44. The lowest BCUT2D eigenvalue weighted by atomic mass is 10.2. The number of rotatable bonds is 4. The highest BCUT2D eigenvalue weighted by Gasteiger charge is 2.39. The lowest BCUT2D eigenvalue weighted by molar-refractivity contribution is -0.123. The molecule has 0 bridgehead atoms. The highest BCUT2D eigenvalue weighted by atomic mass is 79.9. The molecule has 0 spiro atoms. The van der Waals surface area contributed by atoms with Gasteiger partial charge in [0.05, 0.1) is 31.1 Å². The normalized spacial score (nSPS) is 26.3. The number of nitrogens with one attached hydrogen (secondary N) is 3. The Kier molecular flexibility index (Phi) is 5.14. The standard InChI is InChI=1S/C17H22BrN5O3/c1-2-26-14-9-11(18)3-4-13(14)23-10-12-15(21-23)19-17(20-16(12)24)22-5-7-25-8-6-22/h3-4,9-10,15,17,19,21H,2,5-8H2,1H3,(H,20,24). The van der Waals surface area contributed by atoms with Gasteiger partial charge in [0.2, 0.25) is 0 Å². The van der Waals surface area contributed by atoms with Crippen molar-refractivity contribution in [2.45, 2.75) is 19.4 Å². The van der Waals surface area contributed by atoms with E-state index in [2.05, 4.69) is 36.9 Å². The van der Waals surface area contributed by atoms with Gasteiger partial charge in [-0.1, -0.05) is 15.9 Å². The number of hydrazine groups is 1. The molecule has 0 aliphatic carbocycles. The minimum Gasteiger partial charge on any atom is -0.492 e. The molecule has 2 atom stereocenters. The van der Waals surface area contributed by atoms with E-state index in [9.17, 15) is 4.79 Å². The van der Waals surface area contributed by atoms with E-state index in [1.54, 1.807) is 0 Å². The van der Waals surface area contributed by atoms with Crippen LogP contribution in [0.1, 0.15) is 6.92 Å². The van der Waals surface area contributed by atoms with Gasteiger partial charge in [0, 0.05) is 23.8 Å². The molecular formula is C17H22BrN5O3. The molecule has 0 radical (unpaired) electrons. The molecule has 3 aliphatic rings. The van der Waals surface area contributed by atoms with E-state index in [1.807, 2.05) is 36.3 Å². The van der Waals surface area contributed by atoms with Crippen LogP contribution in [0.5, 0.6) is 5.75 Å². The SMILES string of the molecule is CCOc1cc(Br)ccc1N1C=C2C(=O)NC(N3CCOCC3)NC2N1. The van der Waals surface area contributed by atoms with E-state index < -0.39 is 0 Å². The van der Waals surface area contributed by atoms with Gasteiger partial charge in [-0.2, -0.15) is 0 Å². The van der Waals surface area contributed by atoms with Crippen molar-refractivity contribution in [3.8, 4) is 5.75 Å². The summed E-state index contributed by atoms with van der Waals surface area (Å²) >= 11 is 3.47. The van der Waals surface area contributed by atoms with Gasteiger partial charge >= 0.3 is 0 Å². The number of amides is 1. The smallest absolute Gasteiger partial charge is 0.254 e. The number of hydrogen-bond acceptors (Lipinski definition) is 7. The van der Waals surface area contributed by atoms with Crippen molar-refractivity contribution < 1.29 is 14.3 Å². The second-order valence-corrected chi connectivity index (χ2v) is 7.17. The molecule has 9 heteroatoms. The van der Waals surface area contributed by atoms with Crippen LogP contribution in [0.15, 0.2) is 34.4 Å². The molecule has 1 aromatic carbocycles. The Morgan fingerprint density at radius 1 is 1.35 bits per heavy atom. The fourth-order valence-corrected chi connectivity index (χ4v) is 3.65. The lowest BCUT2D eigenvalue weighted by Crippen LogP contribution is -2.68. The van der Waals surface area contributed by atoms with Crippen molar-refractivity contribution in [2.24, 2.45) is 0 Å². The number of anilines is 1. The maximum atomic E-state index is 12.6. The summed E-state index contributed by atoms with van der Waals surface area (Å²) in [6.07, 6.45) is 1.35. The van der Waals surface area contributed by atoms with Crippen molar-refractivity contribution in [3.63, 3.8) is 0 Å². The van der Waals surface area contributed by atoms with E-state index in [4.69, 9.17) is 9.47 Å². The third-order valence-corrected chi connectivity index (χ3v) is 5.09. The number of halogens is 1. The number of nitrogens with zero attached hydrogens (tertiary/aromatic N) is 2. The first-order chi connectivity index (χ1) is 12.7. The van der Waals surface area contributed by atoms with Crippen molar-refractivity contribution in [2.75, 3.05) is 37.9 Å². The predicted octanol–water partition coefficient (Wildman–Crippen LogP) is 0.718. The molecule has 2 unspecified atom stereocenters. The van der Waals surface area contributed by atoms with E-state index in [-0.39, 0.29) is 18.4 Å². The molecule has 4 rings (SSSR count). The third-order valence-electron chi connectivity index (χ3n) is 4.59. The Labute approximate surface area is 160 Å². The van der Waals surface area contributed by atoms with E-state index in [0.717, 1.165) is 29.0 Å². The molecule has 3 heterocycles. The number of carbonyl (C=O) groups excluding carboxylic acids is 1. The minimum atomic E-state index is -0.255. The maximum Gasteiger partial charge on any atom is 0.254 e. The number of carbonyl (C=O) groups is 1. The average molecular weight is 424 g/mol. The van der Waals surface area contributed by atoms with Crippen LogP contribution < -0.4 is 25.8 Å². The Hall–Kier alpha value is -1.65. The van der Waals surface area contributed by atoms with Gasteiger partial charge < -0.3 is 14.8 Å². The molecule has 140 valence electrons. The molecule has 8 nitrogen and oxygen atoms in total. The molecular weight excluding hydrogens is 402 g/mol. The van der Waals surface area contributed by atoms with Gasteiger partial charge in [0.1, 0.15) is 18.2 Å². The summed E-state index contributed by atoms with van der Waals surface area (Å²) in [5.74, 6) is 0.672. The fourth-order valence-electron chi connectivity index (χ4n) is 3.31. The number of hydrogen-bond donors (Lipinski definition) is 3. The first-order valence-electron chi connectivity index (χ1n) is 8.74. The number of morpholine rings is 1. The molecule has 0 saturated carbocycles. The van der Waals surface area contributed by atoms with Crippen molar-refractivity contribution in [3.05, 3.63) is 34.4 Å². The first-order valence-corrected chi connectivity index (χ1v) is 9.53. The summed E-state index contributed by atoms with van der Waals surface area (Å²) in [6, 6.07) is 5.82. The van der Waals surface area contributed by atoms with Crippen LogP contribution in [0.4, 0.5) is 5.69 Å². The highest BCUT2D eigenvalue weighted by Crippen LogP contribution is 2.33. The first kappa shape index (κ1) is 17.7. The molecule has 26 heavy (non-hydrogen) atoms. The zero-order valence-corrected chi connectivity index (χ0v) is 16.1. The third kappa shape index (κ3) is 3.45. The largest absolute Gasteiger partial charge is 0.492 e. The summed E-state index contributed by atoms with van der Waals surface area (Å²) in [5.41, 5.74) is 4.85. The quantitative estimate of drug-likeness (QED) is 0.658. The summed E-state index contributed by atoms with van der Waals surface area (Å²) < 4.78 is 12.1. The number of ether oxygens (including phenoxy) is 2. The monoisotopic (exact) mass is 423 g/mol. The van der Waals surface area contributed by atoms with Crippen LogP contribution in [0.2, 0.25) is 0 Å². The van der Waals surface area contributed by atoms with E-state index >= 15 is 0 Å².